The molecule has 110 valence electrons. The molecule has 0 aromatic heterocycles. The monoisotopic (exact) mass is 280 g/mol. The van der Waals surface area contributed by atoms with Crippen LogP contribution in [0.1, 0.15) is 44.0 Å². The lowest BCUT2D eigenvalue weighted by atomic mass is 10.2. The van der Waals surface area contributed by atoms with E-state index in [2.05, 4.69) is 0 Å². The van der Waals surface area contributed by atoms with E-state index in [1.165, 1.54) is 12.1 Å². The molecule has 0 bridgehead atoms. The average molecular weight is 280 g/mol. The number of benzene rings is 1. The van der Waals surface area contributed by atoms with E-state index in [1.54, 1.807) is 12.1 Å². The summed E-state index contributed by atoms with van der Waals surface area (Å²) in [6, 6.07) is 6.14. The Balaban J connectivity index is 2.27. The van der Waals surface area contributed by atoms with Crippen LogP contribution < -0.4 is 4.74 Å². The Labute approximate surface area is 118 Å². The fourth-order valence-corrected chi connectivity index (χ4v) is 1.49. The predicted octanol–water partition coefficient (Wildman–Crippen LogP) is 2.89. The van der Waals surface area contributed by atoms with Crippen LogP contribution in [0, 0.1) is 0 Å². The third-order valence-corrected chi connectivity index (χ3v) is 2.32. The van der Waals surface area contributed by atoms with Gasteiger partial charge in [0.25, 0.3) is 0 Å². The minimum Gasteiger partial charge on any atom is -0.494 e. The van der Waals surface area contributed by atoms with Crippen molar-refractivity contribution in [3.63, 3.8) is 0 Å². The van der Waals surface area contributed by atoms with Crippen molar-refractivity contribution in [1.82, 2.24) is 0 Å². The summed E-state index contributed by atoms with van der Waals surface area (Å²) >= 11 is 0. The molecule has 0 aliphatic carbocycles. The van der Waals surface area contributed by atoms with Crippen molar-refractivity contribution < 1.29 is 24.2 Å². The molecule has 0 saturated heterocycles. The van der Waals surface area contributed by atoms with Crippen molar-refractivity contribution in [3.8, 4) is 5.75 Å². The minimum absolute atomic E-state index is 0.214. The van der Waals surface area contributed by atoms with Crippen LogP contribution in [0.3, 0.4) is 0 Å². The van der Waals surface area contributed by atoms with Crippen molar-refractivity contribution in [2.24, 2.45) is 0 Å². The first kappa shape index (κ1) is 16.0. The SMILES string of the molecule is CC(C)(C)OC(=O)CCCOc1ccc(C(=O)O)cc1. The molecule has 0 fully saturated rings. The highest BCUT2D eigenvalue weighted by molar-refractivity contribution is 5.87. The highest BCUT2D eigenvalue weighted by Gasteiger charge is 2.15. The van der Waals surface area contributed by atoms with Gasteiger partial charge in [-0.25, -0.2) is 4.79 Å². The van der Waals surface area contributed by atoms with Crippen molar-refractivity contribution in [3.05, 3.63) is 29.8 Å². The molecule has 1 N–H and O–H groups in total. The van der Waals surface area contributed by atoms with E-state index in [0.717, 1.165) is 0 Å². The summed E-state index contributed by atoms with van der Waals surface area (Å²) in [5, 5.41) is 8.75. The maximum absolute atomic E-state index is 11.4. The quantitative estimate of drug-likeness (QED) is 0.640. The van der Waals surface area contributed by atoms with Gasteiger partial charge in [0.15, 0.2) is 0 Å². The van der Waals surface area contributed by atoms with Gasteiger partial charge in [-0.05, 0) is 51.5 Å². The van der Waals surface area contributed by atoms with Gasteiger partial charge in [-0.2, -0.15) is 0 Å². The number of hydrogen-bond donors (Lipinski definition) is 1. The summed E-state index contributed by atoms with van der Waals surface area (Å²) < 4.78 is 10.6. The molecular weight excluding hydrogens is 260 g/mol. The highest BCUT2D eigenvalue weighted by atomic mass is 16.6. The number of aromatic carboxylic acids is 1. The van der Waals surface area contributed by atoms with E-state index >= 15 is 0 Å². The molecule has 0 amide bonds. The second kappa shape index (κ2) is 6.93. The molecule has 20 heavy (non-hydrogen) atoms. The second-order valence-electron chi connectivity index (χ2n) is 5.37. The Morgan fingerprint density at radius 3 is 2.25 bits per heavy atom. The first-order valence-electron chi connectivity index (χ1n) is 6.46. The third kappa shape index (κ3) is 6.22. The standard InChI is InChI=1S/C15H20O5/c1-15(2,3)20-13(16)5-4-10-19-12-8-6-11(7-9-12)14(17)18/h6-9H,4-5,10H2,1-3H3,(H,17,18). The number of carboxylic acid groups (broad SMARTS) is 1. The van der Waals surface area contributed by atoms with Crippen LogP contribution in [0.5, 0.6) is 5.75 Å². The molecule has 1 aromatic rings. The van der Waals surface area contributed by atoms with Crippen molar-refractivity contribution >= 4 is 11.9 Å². The maximum Gasteiger partial charge on any atom is 0.335 e. The summed E-state index contributed by atoms with van der Waals surface area (Å²) in [7, 11) is 0. The molecule has 1 aromatic carbocycles. The second-order valence-corrected chi connectivity index (χ2v) is 5.37. The van der Waals surface area contributed by atoms with Crippen LogP contribution in [0.25, 0.3) is 0 Å². The van der Waals surface area contributed by atoms with Gasteiger partial charge in [0.1, 0.15) is 11.4 Å². The lowest BCUT2D eigenvalue weighted by Gasteiger charge is -2.19. The lowest BCUT2D eigenvalue weighted by molar-refractivity contribution is -0.155. The Hall–Kier alpha value is -2.04. The maximum atomic E-state index is 11.4. The molecule has 0 aliphatic rings. The molecule has 0 radical (unpaired) electrons. The number of hydrogen-bond acceptors (Lipinski definition) is 4. The van der Waals surface area contributed by atoms with Gasteiger partial charge in [0.05, 0.1) is 12.2 Å². The predicted molar refractivity (Wildman–Crippen MR) is 74.0 cm³/mol. The molecule has 5 nitrogen and oxygen atoms in total. The van der Waals surface area contributed by atoms with Crippen LogP contribution in [0.4, 0.5) is 0 Å². The van der Waals surface area contributed by atoms with E-state index in [1.807, 2.05) is 20.8 Å². The van der Waals surface area contributed by atoms with E-state index in [4.69, 9.17) is 14.6 Å². The Morgan fingerprint density at radius 2 is 1.75 bits per heavy atom. The summed E-state index contributed by atoms with van der Waals surface area (Å²) in [6.07, 6.45) is 0.847. The normalized spacial score (nSPS) is 10.9. The Morgan fingerprint density at radius 1 is 1.15 bits per heavy atom. The van der Waals surface area contributed by atoms with Crippen LogP contribution >= 0.6 is 0 Å². The first-order chi connectivity index (χ1) is 9.28. The van der Waals surface area contributed by atoms with E-state index in [9.17, 15) is 9.59 Å². The smallest absolute Gasteiger partial charge is 0.335 e. The largest absolute Gasteiger partial charge is 0.494 e. The van der Waals surface area contributed by atoms with Gasteiger partial charge in [-0.3, -0.25) is 4.79 Å². The van der Waals surface area contributed by atoms with E-state index in [0.29, 0.717) is 25.2 Å². The fraction of sp³-hybridized carbons (Fsp3) is 0.467. The van der Waals surface area contributed by atoms with Crippen molar-refractivity contribution in [1.29, 1.82) is 0 Å². The Kier molecular flexibility index (Phi) is 5.55. The summed E-state index contributed by atoms with van der Waals surface area (Å²) in [5.74, 6) is -0.636. The number of carbonyl (C=O) groups excluding carboxylic acids is 1. The van der Waals surface area contributed by atoms with Gasteiger partial charge < -0.3 is 14.6 Å². The molecule has 0 heterocycles. The molecule has 0 unspecified atom stereocenters. The van der Waals surface area contributed by atoms with Crippen LogP contribution in [-0.2, 0) is 9.53 Å². The molecular formula is C15H20O5. The van der Waals surface area contributed by atoms with Gasteiger partial charge >= 0.3 is 11.9 Å². The first-order valence-corrected chi connectivity index (χ1v) is 6.46. The number of carboxylic acids is 1. The third-order valence-electron chi connectivity index (χ3n) is 2.32. The van der Waals surface area contributed by atoms with E-state index in [-0.39, 0.29) is 11.5 Å². The molecule has 0 aliphatic heterocycles. The lowest BCUT2D eigenvalue weighted by Crippen LogP contribution is -2.23. The minimum atomic E-state index is -0.971. The molecule has 0 atom stereocenters. The summed E-state index contributed by atoms with van der Waals surface area (Å²) in [5.41, 5.74) is -0.254. The zero-order valence-electron chi connectivity index (χ0n) is 12.0. The number of ether oxygens (including phenoxy) is 2. The average Bonchev–Trinajstić information content (AvgIpc) is 2.33. The number of esters is 1. The van der Waals surface area contributed by atoms with Crippen LogP contribution in [0.15, 0.2) is 24.3 Å². The van der Waals surface area contributed by atoms with Crippen LogP contribution in [-0.4, -0.2) is 29.3 Å². The number of carbonyl (C=O) groups is 2. The zero-order chi connectivity index (χ0) is 15.2. The fourth-order valence-electron chi connectivity index (χ4n) is 1.49. The zero-order valence-corrected chi connectivity index (χ0v) is 12.0. The van der Waals surface area contributed by atoms with Crippen molar-refractivity contribution in [2.75, 3.05) is 6.61 Å². The molecule has 5 heteroatoms. The van der Waals surface area contributed by atoms with Gasteiger partial charge in [0, 0.05) is 6.42 Å². The topological polar surface area (TPSA) is 72.8 Å². The molecule has 0 spiro atoms. The highest BCUT2D eigenvalue weighted by Crippen LogP contribution is 2.13. The number of rotatable bonds is 6. The molecule has 1 rings (SSSR count). The van der Waals surface area contributed by atoms with Gasteiger partial charge in [-0.1, -0.05) is 0 Å². The van der Waals surface area contributed by atoms with Crippen LogP contribution in [0.2, 0.25) is 0 Å². The summed E-state index contributed by atoms with van der Waals surface area (Å²) in [6.45, 7) is 5.86. The van der Waals surface area contributed by atoms with Gasteiger partial charge in [0.2, 0.25) is 0 Å². The van der Waals surface area contributed by atoms with E-state index < -0.39 is 11.6 Å². The van der Waals surface area contributed by atoms with Crippen molar-refractivity contribution in [2.45, 2.75) is 39.2 Å². The summed E-state index contributed by atoms with van der Waals surface area (Å²) in [4.78, 5) is 22.1. The van der Waals surface area contributed by atoms with Gasteiger partial charge in [-0.15, -0.1) is 0 Å². The molecule has 0 saturated carbocycles. The Bertz CT molecular complexity index is 456.